The lowest BCUT2D eigenvalue weighted by Crippen LogP contribution is -2.37. The molecule has 24 heavy (non-hydrogen) atoms. The number of carbonyl (C=O) groups is 1. The summed E-state index contributed by atoms with van der Waals surface area (Å²) in [5, 5.41) is 12.5. The van der Waals surface area contributed by atoms with Gasteiger partial charge in [-0.25, -0.2) is 0 Å². The smallest absolute Gasteiger partial charge is 0.253 e. The number of amides is 1. The van der Waals surface area contributed by atoms with Crippen LogP contribution in [-0.2, 0) is 4.79 Å². The number of likely N-dealkylation sites (N-methyl/N-ethyl adjacent to an activating group) is 1. The fourth-order valence-electron chi connectivity index (χ4n) is 2.49. The maximum absolute atomic E-state index is 12.8. The Morgan fingerprint density at radius 3 is 2.33 bits per heavy atom. The van der Waals surface area contributed by atoms with Crippen LogP contribution in [0, 0.1) is 0 Å². The highest BCUT2D eigenvalue weighted by molar-refractivity contribution is 5.95. The van der Waals surface area contributed by atoms with Crippen LogP contribution in [0.15, 0.2) is 60.7 Å². The van der Waals surface area contributed by atoms with E-state index >= 15 is 0 Å². The predicted molar refractivity (Wildman–Crippen MR) is 92.4 cm³/mol. The van der Waals surface area contributed by atoms with Crippen LogP contribution in [0.4, 0.5) is 5.69 Å². The standard InChI is InChI=1S/C18H19N5O/c1-3-22(16-12-8-5-9-13-16)18(24)14(2)23-20-17(19-21-23)15-10-6-4-7-11-15/h4-14H,3H2,1-2H3. The zero-order valence-corrected chi connectivity index (χ0v) is 13.7. The second kappa shape index (κ2) is 7.04. The maximum Gasteiger partial charge on any atom is 0.253 e. The molecule has 0 aliphatic rings. The Bertz CT molecular complexity index is 801. The summed E-state index contributed by atoms with van der Waals surface area (Å²) in [4.78, 5) is 15.9. The van der Waals surface area contributed by atoms with Crippen molar-refractivity contribution in [3.05, 3.63) is 60.7 Å². The number of tetrazole rings is 1. The molecule has 2 aromatic carbocycles. The molecular weight excluding hydrogens is 302 g/mol. The summed E-state index contributed by atoms with van der Waals surface area (Å²) < 4.78 is 0. The van der Waals surface area contributed by atoms with E-state index in [2.05, 4.69) is 15.4 Å². The summed E-state index contributed by atoms with van der Waals surface area (Å²) in [5.41, 5.74) is 1.74. The Labute approximate surface area is 140 Å². The number of aromatic nitrogens is 4. The van der Waals surface area contributed by atoms with Crippen LogP contribution >= 0.6 is 0 Å². The fraction of sp³-hybridized carbons (Fsp3) is 0.222. The lowest BCUT2D eigenvalue weighted by Gasteiger charge is -2.23. The van der Waals surface area contributed by atoms with E-state index in [1.807, 2.05) is 67.6 Å². The zero-order valence-electron chi connectivity index (χ0n) is 13.7. The molecule has 1 unspecified atom stereocenters. The van der Waals surface area contributed by atoms with E-state index in [1.165, 1.54) is 4.80 Å². The van der Waals surface area contributed by atoms with Crippen molar-refractivity contribution in [3.8, 4) is 11.4 Å². The molecule has 6 nitrogen and oxygen atoms in total. The molecule has 0 aliphatic carbocycles. The van der Waals surface area contributed by atoms with Crippen LogP contribution < -0.4 is 4.90 Å². The van der Waals surface area contributed by atoms with E-state index in [4.69, 9.17) is 0 Å². The van der Waals surface area contributed by atoms with Crippen LogP contribution in [0.1, 0.15) is 19.9 Å². The summed E-state index contributed by atoms with van der Waals surface area (Å²) >= 11 is 0. The highest BCUT2D eigenvalue weighted by Crippen LogP contribution is 2.19. The van der Waals surface area contributed by atoms with Crippen LogP contribution in [0.2, 0.25) is 0 Å². The first-order chi connectivity index (χ1) is 11.7. The fourth-order valence-corrected chi connectivity index (χ4v) is 2.49. The zero-order chi connectivity index (χ0) is 16.9. The number of anilines is 1. The van der Waals surface area contributed by atoms with Crippen LogP contribution in [0.3, 0.4) is 0 Å². The molecule has 0 aliphatic heterocycles. The number of para-hydroxylation sites is 1. The Morgan fingerprint density at radius 1 is 1.08 bits per heavy atom. The molecule has 0 spiro atoms. The van der Waals surface area contributed by atoms with Gasteiger partial charge < -0.3 is 4.90 Å². The van der Waals surface area contributed by atoms with E-state index in [-0.39, 0.29) is 5.91 Å². The number of nitrogens with zero attached hydrogens (tertiary/aromatic N) is 5. The van der Waals surface area contributed by atoms with Gasteiger partial charge in [0, 0.05) is 17.8 Å². The van der Waals surface area contributed by atoms with Gasteiger partial charge >= 0.3 is 0 Å². The molecule has 0 saturated heterocycles. The van der Waals surface area contributed by atoms with Crippen molar-refractivity contribution in [3.63, 3.8) is 0 Å². The SMILES string of the molecule is CCN(C(=O)C(C)n1nnc(-c2ccccc2)n1)c1ccccc1. The number of carbonyl (C=O) groups excluding carboxylic acids is 1. The van der Waals surface area contributed by atoms with Gasteiger partial charge in [-0.05, 0) is 31.2 Å². The molecule has 0 radical (unpaired) electrons. The van der Waals surface area contributed by atoms with Gasteiger partial charge in [-0.1, -0.05) is 48.5 Å². The topological polar surface area (TPSA) is 63.9 Å². The molecule has 122 valence electrons. The summed E-state index contributed by atoms with van der Waals surface area (Å²) in [6.07, 6.45) is 0. The van der Waals surface area contributed by atoms with E-state index in [1.54, 1.807) is 11.8 Å². The van der Waals surface area contributed by atoms with Gasteiger partial charge in [-0.2, -0.15) is 4.80 Å². The third-order valence-electron chi connectivity index (χ3n) is 3.81. The second-order valence-electron chi connectivity index (χ2n) is 5.39. The van der Waals surface area contributed by atoms with Crippen molar-refractivity contribution in [1.82, 2.24) is 20.2 Å². The first-order valence-corrected chi connectivity index (χ1v) is 7.92. The lowest BCUT2D eigenvalue weighted by atomic mass is 10.2. The monoisotopic (exact) mass is 321 g/mol. The van der Waals surface area contributed by atoms with Gasteiger partial charge in [0.25, 0.3) is 5.91 Å². The first kappa shape index (κ1) is 15.9. The Hall–Kier alpha value is -3.02. The molecule has 6 heteroatoms. The van der Waals surface area contributed by atoms with Crippen molar-refractivity contribution in [1.29, 1.82) is 0 Å². The lowest BCUT2D eigenvalue weighted by molar-refractivity contribution is -0.121. The van der Waals surface area contributed by atoms with Crippen molar-refractivity contribution in [2.45, 2.75) is 19.9 Å². The van der Waals surface area contributed by atoms with Gasteiger partial charge in [0.1, 0.15) is 6.04 Å². The third kappa shape index (κ3) is 3.17. The summed E-state index contributed by atoms with van der Waals surface area (Å²) in [7, 11) is 0. The molecule has 0 bridgehead atoms. The van der Waals surface area contributed by atoms with Gasteiger partial charge in [0.05, 0.1) is 0 Å². The summed E-state index contributed by atoms with van der Waals surface area (Å²) in [6, 6.07) is 18.6. The van der Waals surface area contributed by atoms with E-state index in [0.717, 1.165) is 11.3 Å². The summed E-state index contributed by atoms with van der Waals surface area (Å²) in [5.74, 6) is 0.443. The van der Waals surface area contributed by atoms with Crippen molar-refractivity contribution in [2.24, 2.45) is 0 Å². The molecule has 0 saturated carbocycles. The van der Waals surface area contributed by atoms with Crippen molar-refractivity contribution < 1.29 is 4.79 Å². The molecule has 1 amide bonds. The number of rotatable bonds is 5. The van der Waals surface area contributed by atoms with Gasteiger partial charge in [-0.15, -0.1) is 10.2 Å². The highest BCUT2D eigenvalue weighted by atomic mass is 16.2. The van der Waals surface area contributed by atoms with Crippen LogP contribution in [0.5, 0.6) is 0 Å². The number of hydrogen-bond acceptors (Lipinski definition) is 4. The minimum Gasteiger partial charge on any atom is -0.311 e. The van der Waals surface area contributed by atoms with Crippen molar-refractivity contribution in [2.75, 3.05) is 11.4 Å². The van der Waals surface area contributed by atoms with Crippen LogP contribution in [-0.4, -0.2) is 32.7 Å². The Kier molecular flexibility index (Phi) is 4.65. The van der Waals surface area contributed by atoms with Gasteiger partial charge in [0.2, 0.25) is 5.82 Å². The summed E-state index contributed by atoms with van der Waals surface area (Å²) in [6.45, 7) is 4.31. The minimum absolute atomic E-state index is 0.0688. The van der Waals surface area contributed by atoms with Crippen molar-refractivity contribution >= 4 is 11.6 Å². The second-order valence-corrected chi connectivity index (χ2v) is 5.39. The first-order valence-electron chi connectivity index (χ1n) is 7.92. The van der Waals surface area contributed by atoms with E-state index in [0.29, 0.717) is 12.4 Å². The van der Waals surface area contributed by atoms with Gasteiger partial charge in [0.15, 0.2) is 0 Å². The maximum atomic E-state index is 12.8. The predicted octanol–water partition coefficient (Wildman–Crippen LogP) is 2.95. The highest BCUT2D eigenvalue weighted by Gasteiger charge is 2.24. The largest absolute Gasteiger partial charge is 0.311 e. The number of benzene rings is 2. The molecule has 1 aromatic heterocycles. The molecular formula is C18H19N5O. The molecule has 0 N–H and O–H groups in total. The normalized spacial score (nSPS) is 11.9. The van der Waals surface area contributed by atoms with Gasteiger partial charge in [-0.3, -0.25) is 4.79 Å². The Morgan fingerprint density at radius 2 is 1.71 bits per heavy atom. The van der Waals surface area contributed by atoms with E-state index < -0.39 is 6.04 Å². The molecule has 3 rings (SSSR count). The van der Waals surface area contributed by atoms with Crippen LogP contribution in [0.25, 0.3) is 11.4 Å². The molecule has 1 heterocycles. The average molecular weight is 321 g/mol. The quantitative estimate of drug-likeness (QED) is 0.725. The molecule has 1 atom stereocenters. The third-order valence-corrected chi connectivity index (χ3v) is 3.81. The molecule has 0 fully saturated rings. The Balaban J connectivity index is 1.82. The molecule has 3 aromatic rings. The number of hydrogen-bond donors (Lipinski definition) is 0. The van der Waals surface area contributed by atoms with E-state index in [9.17, 15) is 4.79 Å². The minimum atomic E-state index is -0.532. The average Bonchev–Trinajstić information content (AvgIpc) is 3.13.